The molecule has 0 bridgehead atoms. The third-order valence-corrected chi connectivity index (χ3v) is 10.8. The fourth-order valence-corrected chi connectivity index (χ4v) is 6.43. The smallest absolute Gasteiger partial charge is 0.372 e. The van der Waals surface area contributed by atoms with E-state index in [0.717, 1.165) is 18.7 Å². The van der Waals surface area contributed by atoms with Gasteiger partial charge in [0, 0.05) is 88.9 Å². The van der Waals surface area contributed by atoms with Gasteiger partial charge in [-0.2, -0.15) is 0 Å². The Morgan fingerprint density at radius 3 is 1.64 bits per heavy atom. The Balaban J connectivity index is 0.00000161. The lowest BCUT2D eigenvalue weighted by molar-refractivity contribution is -0.149. The number of carbonyl (C=O) groups is 12. The number of ketones is 4. The predicted octanol–water partition coefficient (Wildman–Crippen LogP) is 2.50. The molecule has 25 nitrogen and oxygen atoms in total. The quantitative estimate of drug-likeness (QED) is 0.0334. The highest BCUT2D eigenvalue weighted by Gasteiger charge is 2.24. The SMILES string of the molecule is CCC(CC(=O)CC[C@H](NC(=O)COCCOCCCC(=O)CC[C@H](NC(=O)CCCCC(=O)C(=O)O)C(=O)O)C(=O)O)C(=O)O.CCCNc1ccc(C(=O)NCCCC(=O)COCCOCCNC(=O)CC)cc1. The Kier molecular flexibility index (Phi) is 39.7. The first-order chi connectivity index (χ1) is 36.2. The standard InChI is InChI=1S/C29H44N2O15.C22H35N3O5/c1-2-18(26(37)38)16-20(33)10-12-22(28(41)42)31-25(36)17-46-15-14-45-13-5-6-19(32)9-11-21(27(39)40)30-24(35)8-4-3-7-23(34)29(43)44;1-3-11-23-19-9-7-18(8-10-19)22(28)25-12-5-6-20(26)17-30-16-15-29-14-13-24-21(27)4-2/h18,21-22H,2-17H2,1H3,(H,30,35)(H,31,36)(H,37,38)(H,39,40)(H,41,42)(H,43,44);7-10,23H,3-6,11-17H2,1-2H3,(H,24,27)(H,25,28)/t18?,21-,22-;/m0./s1. The summed E-state index contributed by atoms with van der Waals surface area (Å²) < 4.78 is 21.0. The minimum atomic E-state index is -1.56. The summed E-state index contributed by atoms with van der Waals surface area (Å²) in [5.74, 6) is -9.30. The number of hydrogen-bond acceptors (Lipinski definition) is 17. The van der Waals surface area contributed by atoms with Crippen LogP contribution in [0.3, 0.4) is 0 Å². The summed E-state index contributed by atoms with van der Waals surface area (Å²) in [6, 6.07) is 4.70. The number of unbranched alkanes of at least 4 members (excludes halogenated alkanes) is 1. The van der Waals surface area contributed by atoms with Crippen LogP contribution >= 0.6 is 0 Å². The third-order valence-electron chi connectivity index (χ3n) is 10.8. The molecule has 0 spiro atoms. The van der Waals surface area contributed by atoms with Crippen LogP contribution < -0.4 is 26.6 Å². The number of amides is 4. The second kappa shape index (κ2) is 43.5. The molecule has 9 N–H and O–H groups in total. The van der Waals surface area contributed by atoms with Gasteiger partial charge in [-0.05, 0) is 75.6 Å². The van der Waals surface area contributed by atoms with Crippen LogP contribution in [0, 0.1) is 5.92 Å². The van der Waals surface area contributed by atoms with Gasteiger partial charge in [0.1, 0.15) is 36.9 Å². The van der Waals surface area contributed by atoms with E-state index in [9.17, 15) is 67.7 Å². The number of ether oxygens (including phenoxy) is 4. The van der Waals surface area contributed by atoms with Crippen LogP contribution in [0.5, 0.6) is 0 Å². The largest absolute Gasteiger partial charge is 0.481 e. The molecule has 1 aromatic carbocycles. The Bertz CT molecular complexity index is 1980. The van der Waals surface area contributed by atoms with E-state index >= 15 is 0 Å². The Hall–Kier alpha value is -6.70. The van der Waals surface area contributed by atoms with Gasteiger partial charge < -0.3 is 66.0 Å². The van der Waals surface area contributed by atoms with Crippen LogP contribution in [0.2, 0.25) is 0 Å². The zero-order valence-corrected chi connectivity index (χ0v) is 44.0. The summed E-state index contributed by atoms with van der Waals surface area (Å²) in [5, 5.41) is 49.5. The van der Waals surface area contributed by atoms with Crippen LogP contribution in [0.1, 0.15) is 134 Å². The molecular formula is C51H79N5O20. The lowest BCUT2D eigenvalue weighted by atomic mass is 9.96. The number of hydrogen-bond donors (Lipinski definition) is 9. The van der Waals surface area contributed by atoms with Crippen molar-refractivity contribution < 1.29 is 96.9 Å². The number of anilines is 1. The number of carboxylic acids is 4. The number of benzene rings is 1. The first-order valence-electron chi connectivity index (χ1n) is 25.5. The fourth-order valence-electron chi connectivity index (χ4n) is 6.43. The van der Waals surface area contributed by atoms with Gasteiger partial charge in [0.15, 0.2) is 5.78 Å². The zero-order chi connectivity index (χ0) is 57.1. The van der Waals surface area contributed by atoms with Gasteiger partial charge in [-0.1, -0.05) is 20.8 Å². The highest BCUT2D eigenvalue weighted by Crippen LogP contribution is 2.13. The van der Waals surface area contributed by atoms with E-state index in [1.54, 1.807) is 26.0 Å². The summed E-state index contributed by atoms with van der Waals surface area (Å²) >= 11 is 0. The molecule has 0 saturated heterocycles. The average Bonchev–Trinajstić information content (AvgIpc) is 3.38. The molecule has 76 heavy (non-hydrogen) atoms. The number of rotatable bonds is 46. The van der Waals surface area contributed by atoms with Crippen LogP contribution in [-0.2, 0) is 71.7 Å². The lowest BCUT2D eigenvalue weighted by Crippen LogP contribution is -2.42. The molecule has 0 aliphatic heterocycles. The molecule has 1 unspecified atom stereocenters. The van der Waals surface area contributed by atoms with Crippen molar-refractivity contribution in [3.8, 4) is 0 Å². The molecule has 3 atom stereocenters. The van der Waals surface area contributed by atoms with Gasteiger partial charge in [0.2, 0.25) is 23.5 Å². The van der Waals surface area contributed by atoms with Crippen molar-refractivity contribution in [1.82, 2.24) is 21.3 Å². The summed E-state index contributed by atoms with van der Waals surface area (Å²) in [7, 11) is 0. The number of Topliss-reactive ketones (excluding diaryl/α,β-unsaturated/α-hetero) is 4. The number of carboxylic acid groups (broad SMARTS) is 4. The molecule has 428 valence electrons. The maximum absolute atomic E-state index is 12.1. The van der Waals surface area contributed by atoms with Gasteiger partial charge >= 0.3 is 23.9 Å². The molecule has 0 aliphatic carbocycles. The normalized spacial score (nSPS) is 11.8. The van der Waals surface area contributed by atoms with Crippen LogP contribution in [0.25, 0.3) is 0 Å². The second-order valence-electron chi connectivity index (χ2n) is 17.2. The van der Waals surface area contributed by atoms with Gasteiger partial charge in [-0.25, -0.2) is 14.4 Å². The minimum absolute atomic E-state index is 0.00532. The van der Waals surface area contributed by atoms with Gasteiger partial charge in [-0.3, -0.25) is 43.2 Å². The minimum Gasteiger partial charge on any atom is -0.481 e. The molecule has 25 heteroatoms. The molecule has 0 aliphatic rings. The van der Waals surface area contributed by atoms with Crippen molar-refractivity contribution >= 4 is 76.3 Å². The molecule has 0 saturated carbocycles. The van der Waals surface area contributed by atoms with E-state index in [0.29, 0.717) is 64.2 Å². The summed E-state index contributed by atoms with van der Waals surface area (Å²) in [5.41, 5.74) is 1.59. The molecule has 0 radical (unpaired) electrons. The number of carbonyl (C=O) groups excluding carboxylic acids is 8. The second-order valence-corrected chi connectivity index (χ2v) is 17.2. The highest BCUT2D eigenvalue weighted by molar-refractivity contribution is 6.32. The van der Waals surface area contributed by atoms with Crippen molar-refractivity contribution in [3.05, 3.63) is 29.8 Å². The Morgan fingerprint density at radius 2 is 1.07 bits per heavy atom. The molecular weight excluding hydrogens is 1000 g/mol. The lowest BCUT2D eigenvalue weighted by Gasteiger charge is -2.15. The van der Waals surface area contributed by atoms with Gasteiger partial charge in [0.25, 0.3) is 5.91 Å². The van der Waals surface area contributed by atoms with Crippen LogP contribution in [0.4, 0.5) is 5.69 Å². The Morgan fingerprint density at radius 1 is 0.500 bits per heavy atom. The van der Waals surface area contributed by atoms with E-state index < -0.39 is 71.9 Å². The van der Waals surface area contributed by atoms with Crippen molar-refractivity contribution in [1.29, 1.82) is 0 Å². The molecule has 0 aromatic heterocycles. The summed E-state index contributed by atoms with van der Waals surface area (Å²) in [4.78, 5) is 138. The molecule has 1 rings (SSSR count). The van der Waals surface area contributed by atoms with Gasteiger partial charge in [-0.15, -0.1) is 0 Å². The van der Waals surface area contributed by atoms with Crippen LogP contribution in [0.15, 0.2) is 24.3 Å². The topological polar surface area (TPSA) is 383 Å². The van der Waals surface area contributed by atoms with Crippen molar-refractivity contribution in [2.24, 2.45) is 5.92 Å². The van der Waals surface area contributed by atoms with E-state index in [-0.39, 0.29) is 120 Å². The monoisotopic (exact) mass is 1080 g/mol. The number of nitrogens with one attached hydrogen (secondary N) is 5. The predicted molar refractivity (Wildman–Crippen MR) is 272 cm³/mol. The maximum atomic E-state index is 12.1. The molecule has 4 amide bonds. The highest BCUT2D eigenvalue weighted by atomic mass is 16.5. The fraction of sp³-hybridized carbons (Fsp3) is 0.647. The van der Waals surface area contributed by atoms with Gasteiger partial charge in [0.05, 0.1) is 39.0 Å². The summed E-state index contributed by atoms with van der Waals surface area (Å²) in [6.07, 6.45) is 2.26. The number of aliphatic carboxylic acids is 4. The molecule has 1 aromatic rings. The first kappa shape index (κ1) is 69.3. The van der Waals surface area contributed by atoms with Crippen molar-refractivity contribution in [2.45, 2.75) is 136 Å². The molecule has 0 fully saturated rings. The maximum Gasteiger partial charge on any atom is 0.372 e. The van der Waals surface area contributed by atoms with E-state index in [2.05, 4.69) is 33.5 Å². The average molecular weight is 1080 g/mol. The van der Waals surface area contributed by atoms with Crippen LogP contribution in [-0.4, -0.2) is 176 Å². The van der Waals surface area contributed by atoms with E-state index in [4.69, 9.17) is 29.2 Å². The zero-order valence-electron chi connectivity index (χ0n) is 44.0. The first-order valence-corrected chi connectivity index (χ1v) is 25.5. The summed E-state index contributed by atoms with van der Waals surface area (Å²) in [6.45, 7) is 8.23. The van der Waals surface area contributed by atoms with Crippen molar-refractivity contribution in [2.75, 3.05) is 77.8 Å². The van der Waals surface area contributed by atoms with Crippen molar-refractivity contribution in [3.63, 3.8) is 0 Å². The third kappa shape index (κ3) is 37.1. The Labute approximate surface area is 442 Å². The molecule has 0 heterocycles. The van der Waals surface area contributed by atoms with E-state index in [1.807, 2.05) is 12.1 Å². The van der Waals surface area contributed by atoms with E-state index in [1.165, 1.54) is 0 Å².